The highest BCUT2D eigenvalue weighted by Crippen LogP contribution is 2.29. The fourth-order valence-electron chi connectivity index (χ4n) is 3.39. The number of rotatable bonds is 14. The number of hydrogen-bond donors (Lipinski definition) is 0. The molecule has 0 radical (unpaired) electrons. The summed E-state index contributed by atoms with van der Waals surface area (Å²) < 4.78 is 11.9. The van der Waals surface area contributed by atoms with Crippen molar-refractivity contribution in [1.82, 2.24) is 0 Å². The summed E-state index contributed by atoms with van der Waals surface area (Å²) in [7, 11) is -1.29. The highest BCUT2D eigenvalue weighted by atomic mass is 28.3. The minimum absolute atomic E-state index is 0.138. The molecule has 0 amide bonds. The van der Waals surface area contributed by atoms with Gasteiger partial charge in [0.25, 0.3) is 0 Å². The summed E-state index contributed by atoms with van der Waals surface area (Å²) in [5, 5.41) is 0. The van der Waals surface area contributed by atoms with Crippen LogP contribution in [0.4, 0.5) is 0 Å². The normalized spacial score (nSPS) is 14.6. The Kier molecular flexibility index (Phi) is 12.2. The van der Waals surface area contributed by atoms with Gasteiger partial charge in [-0.1, -0.05) is 83.3 Å². The van der Waals surface area contributed by atoms with Crippen molar-refractivity contribution in [3.63, 3.8) is 0 Å². The first-order valence-electron chi connectivity index (χ1n) is 9.84. The summed E-state index contributed by atoms with van der Waals surface area (Å²) in [6, 6.07) is 4.22. The molecule has 138 valence electrons. The molecule has 0 aromatic heterocycles. The Bertz CT molecular complexity index is 296. The van der Waals surface area contributed by atoms with Gasteiger partial charge in [0.2, 0.25) is 0 Å². The highest BCUT2D eigenvalue weighted by molar-refractivity contribution is 6.84. The lowest BCUT2D eigenvalue weighted by Gasteiger charge is -2.31. The summed E-state index contributed by atoms with van der Waals surface area (Å²) in [6.07, 6.45) is 8.36. The van der Waals surface area contributed by atoms with E-state index in [1.54, 1.807) is 0 Å². The van der Waals surface area contributed by atoms with Gasteiger partial charge in [-0.2, -0.15) is 0 Å². The molecule has 0 aromatic rings. The van der Waals surface area contributed by atoms with Gasteiger partial charge in [0.1, 0.15) is 0 Å². The Morgan fingerprint density at radius 2 is 1.43 bits per heavy atom. The SMILES string of the molecule is CCCCOC(C)OC(C)(C)C=C[Si](CCC)(CCC)CCC. The molecule has 0 aliphatic rings. The molecule has 0 spiro atoms. The minimum atomic E-state index is -1.29. The van der Waals surface area contributed by atoms with Crippen LogP contribution in [0.5, 0.6) is 0 Å². The smallest absolute Gasteiger partial charge is 0.155 e. The van der Waals surface area contributed by atoms with Crippen molar-refractivity contribution in [2.24, 2.45) is 0 Å². The zero-order valence-electron chi connectivity index (χ0n) is 16.9. The Morgan fingerprint density at radius 1 is 0.913 bits per heavy atom. The second-order valence-electron chi connectivity index (χ2n) is 7.46. The number of hydrogen-bond acceptors (Lipinski definition) is 2. The van der Waals surface area contributed by atoms with E-state index in [9.17, 15) is 0 Å². The molecule has 0 rings (SSSR count). The molecule has 1 unspecified atom stereocenters. The molecule has 23 heavy (non-hydrogen) atoms. The molecular formula is C20H42O2Si. The van der Waals surface area contributed by atoms with Crippen molar-refractivity contribution in [1.29, 1.82) is 0 Å². The van der Waals surface area contributed by atoms with Crippen LogP contribution in [-0.4, -0.2) is 26.6 Å². The first-order chi connectivity index (χ1) is 10.8. The van der Waals surface area contributed by atoms with Crippen molar-refractivity contribution in [2.45, 2.75) is 111 Å². The predicted octanol–water partition coefficient (Wildman–Crippen LogP) is 6.72. The summed E-state index contributed by atoms with van der Waals surface area (Å²) >= 11 is 0. The van der Waals surface area contributed by atoms with Crippen molar-refractivity contribution >= 4 is 8.07 Å². The molecule has 0 aliphatic heterocycles. The van der Waals surface area contributed by atoms with Crippen LogP contribution in [0.3, 0.4) is 0 Å². The highest BCUT2D eigenvalue weighted by Gasteiger charge is 2.28. The maximum absolute atomic E-state index is 6.13. The third-order valence-corrected chi connectivity index (χ3v) is 9.76. The third-order valence-electron chi connectivity index (χ3n) is 4.40. The second-order valence-corrected chi connectivity index (χ2v) is 12.0. The number of unbranched alkanes of at least 4 members (excludes halogenated alkanes) is 1. The van der Waals surface area contributed by atoms with E-state index in [0.717, 1.165) is 19.4 Å². The van der Waals surface area contributed by atoms with Crippen LogP contribution >= 0.6 is 0 Å². The van der Waals surface area contributed by atoms with E-state index in [2.05, 4.69) is 53.3 Å². The minimum Gasteiger partial charge on any atom is -0.353 e. The lowest BCUT2D eigenvalue weighted by atomic mass is 10.1. The van der Waals surface area contributed by atoms with Crippen LogP contribution in [0.15, 0.2) is 11.8 Å². The van der Waals surface area contributed by atoms with Crippen molar-refractivity contribution in [3.05, 3.63) is 11.8 Å². The van der Waals surface area contributed by atoms with Crippen LogP contribution in [0, 0.1) is 0 Å². The van der Waals surface area contributed by atoms with E-state index < -0.39 is 8.07 Å². The molecule has 0 heterocycles. The molecule has 3 heteroatoms. The van der Waals surface area contributed by atoms with Crippen LogP contribution in [0.25, 0.3) is 0 Å². The largest absolute Gasteiger partial charge is 0.353 e. The molecule has 1 atom stereocenters. The standard InChI is InChI=1S/C20H42O2Si/c1-8-12-14-21-19(5)22-20(6,7)13-18-23(15-9-2,16-10-3)17-11-4/h13,18-19H,8-12,14-17H2,1-7H3. The van der Waals surface area contributed by atoms with Gasteiger partial charge in [-0.15, -0.1) is 0 Å². The average Bonchev–Trinajstić information content (AvgIpc) is 2.46. The Balaban J connectivity index is 4.80. The van der Waals surface area contributed by atoms with Gasteiger partial charge in [-0.25, -0.2) is 0 Å². The van der Waals surface area contributed by atoms with E-state index in [-0.39, 0.29) is 11.9 Å². The predicted molar refractivity (Wildman–Crippen MR) is 106 cm³/mol. The quantitative estimate of drug-likeness (QED) is 0.198. The molecule has 2 nitrogen and oxygen atoms in total. The van der Waals surface area contributed by atoms with Gasteiger partial charge in [-0.3, -0.25) is 0 Å². The first kappa shape index (κ1) is 22.9. The van der Waals surface area contributed by atoms with E-state index >= 15 is 0 Å². The fourth-order valence-corrected chi connectivity index (χ4v) is 8.38. The second kappa shape index (κ2) is 12.3. The summed E-state index contributed by atoms with van der Waals surface area (Å²) in [4.78, 5) is 0. The summed E-state index contributed by atoms with van der Waals surface area (Å²) in [5.41, 5.74) is 2.33. The van der Waals surface area contributed by atoms with Crippen LogP contribution in [-0.2, 0) is 9.47 Å². The molecule has 0 aromatic carbocycles. The van der Waals surface area contributed by atoms with Crippen molar-refractivity contribution < 1.29 is 9.47 Å². The molecule has 0 N–H and O–H groups in total. The van der Waals surface area contributed by atoms with Crippen LogP contribution in [0.1, 0.15) is 80.6 Å². The molecule has 0 fully saturated rings. The van der Waals surface area contributed by atoms with Gasteiger partial charge >= 0.3 is 0 Å². The van der Waals surface area contributed by atoms with Gasteiger partial charge in [0, 0.05) is 6.61 Å². The van der Waals surface area contributed by atoms with E-state index in [0.29, 0.717) is 0 Å². The van der Waals surface area contributed by atoms with Gasteiger partial charge in [-0.05, 0) is 27.2 Å². The fraction of sp³-hybridized carbons (Fsp3) is 0.900. The van der Waals surface area contributed by atoms with Crippen LogP contribution < -0.4 is 0 Å². The number of ether oxygens (including phenoxy) is 2. The lowest BCUT2D eigenvalue weighted by molar-refractivity contribution is -0.175. The average molecular weight is 343 g/mol. The maximum Gasteiger partial charge on any atom is 0.155 e. The summed E-state index contributed by atoms with van der Waals surface area (Å²) in [6.45, 7) is 16.3. The zero-order valence-corrected chi connectivity index (χ0v) is 17.9. The zero-order chi connectivity index (χ0) is 17.8. The van der Waals surface area contributed by atoms with E-state index in [1.807, 2.05) is 6.92 Å². The van der Waals surface area contributed by atoms with Gasteiger partial charge in [0.05, 0.1) is 13.7 Å². The first-order valence-corrected chi connectivity index (χ1v) is 12.5. The summed E-state index contributed by atoms with van der Waals surface area (Å²) in [5.74, 6) is 0. The molecular weight excluding hydrogens is 300 g/mol. The maximum atomic E-state index is 6.13. The van der Waals surface area contributed by atoms with Gasteiger partial charge < -0.3 is 9.47 Å². The third kappa shape index (κ3) is 10.4. The topological polar surface area (TPSA) is 18.5 Å². The monoisotopic (exact) mass is 342 g/mol. The Morgan fingerprint density at radius 3 is 1.87 bits per heavy atom. The van der Waals surface area contributed by atoms with Crippen molar-refractivity contribution in [3.8, 4) is 0 Å². The van der Waals surface area contributed by atoms with Gasteiger partial charge in [0.15, 0.2) is 6.29 Å². The molecule has 0 aliphatic carbocycles. The molecule has 0 bridgehead atoms. The van der Waals surface area contributed by atoms with E-state index in [4.69, 9.17) is 9.47 Å². The lowest BCUT2D eigenvalue weighted by Crippen LogP contribution is -2.34. The van der Waals surface area contributed by atoms with Crippen LogP contribution in [0.2, 0.25) is 18.1 Å². The van der Waals surface area contributed by atoms with E-state index in [1.165, 1.54) is 37.4 Å². The Labute approximate surface area is 147 Å². The molecule has 0 saturated heterocycles. The van der Waals surface area contributed by atoms with Crippen molar-refractivity contribution in [2.75, 3.05) is 6.61 Å². The Hall–Kier alpha value is -0.123. The molecule has 0 saturated carbocycles.